The van der Waals surface area contributed by atoms with Gasteiger partial charge < -0.3 is 16.0 Å². The zero-order valence-electron chi connectivity index (χ0n) is 10.8. The van der Waals surface area contributed by atoms with Crippen LogP contribution in [-0.4, -0.2) is 32.1 Å². The molecule has 1 aromatic rings. The first-order valence-corrected chi connectivity index (χ1v) is 6.01. The second-order valence-electron chi connectivity index (χ2n) is 4.31. The van der Waals surface area contributed by atoms with Crippen LogP contribution >= 0.6 is 0 Å². The first-order chi connectivity index (χ1) is 8.52. The summed E-state index contributed by atoms with van der Waals surface area (Å²) in [5.74, 6) is -0.400. The molecule has 0 spiro atoms. The van der Waals surface area contributed by atoms with Crippen molar-refractivity contribution < 1.29 is 9.18 Å². The van der Waals surface area contributed by atoms with E-state index in [0.29, 0.717) is 18.8 Å². The topological polar surface area (TPSA) is 58.4 Å². The maximum atomic E-state index is 13.5. The standard InChI is InChI=1S/C13H20FN3O/c1-10(15)13(18)16-8-5-9-17(2)12-7-4-3-6-11(12)14/h3-4,6-7,10H,5,8-9,15H2,1-2H3,(H,16,18). The number of carbonyl (C=O) groups is 1. The Labute approximate surface area is 107 Å². The number of rotatable bonds is 6. The highest BCUT2D eigenvalue weighted by Gasteiger charge is 2.08. The number of anilines is 1. The Morgan fingerprint density at radius 1 is 1.50 bits per heavy atom. The summed E-state index contributed by atoms with van der Waals surface area (Å²) >= 11 is 0. The van der Waals surface area contributed by atoms with Crippen LogP contribution in [0.5, 0.6) is 0 Å². The average molecular weight is 253 g/mol. The SMILES string of the molecule is CC(N)C(=O)NCCCN(C)c1ccccc1F. The lowest BCUT2D eigenvalue weighted by molar-refractivity contribution is -0.121. The van der Waals surface area contributed by atoms with E-state index in [1.807, 2.05) is 11.9 Å². The average Bonchev–Trinajstić information content (AvgIpc) is 2.34. The molecule has 1 unspecified atom stereocenters. The molecular formula is C13H20FN3O. The Hall–Kier alpha value is -1.62. The molecule has 0 aliphatic heterocycles. The molecule has 100 valence electrons. The van der Waals surface area contributed by atoms with Crippen LogP contribution in [0, 0.1) is 5.82 Å². The molecule has 0 aliphatic carbocycles. The van der Waals surface area contributed by atoms with Crippen LogP contribution < -0.4 is 16.0 Å². The molecule has 0 heterocycles. The number of benzene rings is 1. The van der Waals surface area contributed by atoms with Gasteiger partial charge in [-0.05, 0) is 25.5 Å². The van der Waals surface area contributed by atoms with Crippen molar-refractivity contribution in [1.82, 2.24) is 5.32 Å². The fourth-order valence-electron chi connectivity index (χ4n) is 1.57. The largest absolute Gasteiger partial charge is 0.372 e. The molecule has 1 rings (SSSR count). The number of carbonyl (C=O) groups excluding carboxylic acids is 1. The van der Waals surface area contributed by atoms with Crippen LogP contribution in [0.3, 0.4) is 0 Å². The Bertz CT molecular complexity index is 396. The van der Waals surface area contributed by atoms with Crippen LogP contribution in [0.4, 0.5) is 10.1 Å². The predicted molar refractivity (Wildman–Crippen MR) is 70.9 cm³/mol. The van der Waals surface area contributed by atoms with Crippen molar-refractivity contribution in [3.63, 3.8) is 0 Å². The Balaban J connectivity index is 2.32. The van der Waals surface area contributed by atoms with Crippen molar-refractivity contribution in [2.45, 2.75) is 19.4 Å². The Morgan fingerprint density at radius 3 is 2.78 bits per heavy atom. The van der Waals surface area contributed by atoms with Crippen LogP contribution in [0.15, 0.2) is 24.3 Å². The fourth-order valence-corrected chi connectivity index (χ4v) is 1.57. The molecule has 18 heavy (non-hydrogen) atoms. The number of hydrogen-bond acceptors (Lipinski definition) is 3. The highest BCUT2D eigenvalue weighted by atomic mass is 19.1. The molecule has 0 aliphatic rings. The number of nitrogens with one attached hydrogen (secondary N) is 1. The smallest absolute Gasteiger partial charge is 0.236 e. The van der Waals surface area contributed by atoms with E-state index in [1.165, 1.54) is 6.07 Å². The lowest BCUT2D eigenvalue weighted by Gasteiger charge is -2.20. The normalized spacial score (nSPS) is 12.0. The monoisotopic (exact) mass is 253 g/mol. The number of hydrogen-bond donors (Lipinski definition) is 2. The van der Waals surface area contributed by atoms with Crippen molar-refractivity contribution >= 4 is 11.6 Å². The molecule has 4 nitrogen and oxygen atoms in total. The van der Waals surface area contributed by atoms with Gasteiger partial charge in [0.15, 0.2) is 0 Å². The van der Waals surface area contributed by atoms with Gasteiger partial charge in [0.25, 0.3) is 0 Å². The molecule has 0 saturated heterocycles. The number of nitrogens with two attached hydrogens (primary N) is 1. The minimum absolute atomic E-state index is 0.163. The number of nitrogens with zero attached hydrogens (tertiary/aromatic N) is 1. The minimum atomic E-state index is -0.491. The molecule has 0 bridgehead atoms. The second-order valence-corrected chi connectivity index (χ2v) is 4.31. The molecule has 1 amide bonds. The minimum Gasteiger partial charge on any atom is -0.372 e. The molecule has 3 N–H and O–H groups in total. The molecule has 0 fully saturated rings. The Morgan fingerprint density at radius 2 is 2.17 bits per heavy atom. The van der Waals surface area contributed by atoms with Crippen molar-refractivity contribution in [1.29, 1.82) is 0 Å². The van der Waals surface area contributed by atoms with E-state index in [1.54, 1.807) is 25.1 Å². The van der Waals surface area contributed by atoms with E-state index in [-0.39, 0.29) is 11.7 Å². The van der Waals surface area contributed by atoms with Gasteiger partial charge in [-0.1, -0.05) is 12.1 Å². The third-order valence-electron chi connectivity index (χ3n) is 2.65. The van der Waals surface area contributed by atoms with Gasteiger partial charge in [0.2, 0.25) is 5.91 Å². The molecule has 0 aromatic heterocycles. The number of para-hydroxylation sites is 1. The van der Waals surface area contributed by atoms with Crippen molar-refractivity contribution in [3.05, 3.63) is 30.1 Å². The summed E-state index contributed by atoms with van der Waals surface area (Å²) < 4.78 is 13.5. The van der Waals surface area contributed by atoms with Crippen LogP contribution in [0.2, 0.25) is 0 Å². The van der Waals surface area contributed by atoms with Crippen molar-refractivity contribution in [3.8, 4) is 0 Å². The first-order valence-electron chi connectivity index (χ1n) is 6.01. The molecular weight excluding hydrogens is 233 g/mol. The van der Waals surface area contributed by atoms with Crippen LogP contribution in [0.1, 0.15) is 13.3 Å². The van der Waals surface area contributed by atoms with Crippen LogP contribution in [-0.2, 0) is 4.79 Å². The highest BCUT2D eigenvalue weighted by Crippen LogP contribution is 2.16. The molecule has 0 saturated carbocycles. The van der Waals surface area contributed by atoms with Crippen LogP contribution in [0.25, 0.3) is 0 Å². The first kappa shape index (κ1) is 14.4. The lowest BCUT2D eigenvalue weighted by Crippen LogP contribution is -2.39. The maximum absolute atomic E-state index is 13.5. The molecule has 5 heteroatoms. The van der Waals surface area contributed by atoms with Gasteiger partial charge in [0.05, 0.1) is 11.7 Å². The van der Waals surface area contributed by atoms with Gasteiger partial charge in [-0.3, -0.25) is 4.79 Å². The molecule has 1 atom stereocenters. The van der Waals surface area contributed by atoms with E-state index < -0.39 is 6.04 Å². The lowest BCUT2D eigenvalue weighted by atomic mass is 10.2. The third kappa shape index (κ3) is 4.33. The van der Waals surface area contributed by atoms with Gasteiger partial charge in [0.1, 0.15) is 5.82 Å². The van der Waals surface area contributed by atoms with Gasteiger partial charge >= 0.3 is 0 Å². The van der Waals surface area contributed by atoms with Crippen molar-refractivity contribution in [2.75, 3.05) is 25.0 Å². The number of halogens is 1. The summed E-state index contributed by atoms with van der Waals surface area (Å²) in [6, 6.07) is 6.14. The van der Waals surface area contributed by atoms with E-state index >= 15 is 0 Å². The summed E-state index contributed by atoms with van der Waals surface area (Å²) in [7, 11) is 1.83. The predicted octanol–water partition coefficient (Wildman–Crippen LogP) is 1.12. The summed E-state index contributed by atoms with van der Waals surface area (Å²) in [5, 5.41) is 2.72. The van der Waals surface area contributed by atoms with Gasteiger partial charge in [-0.25, -0.2) is 4.39 Å². The van der Waals surface area contributed by atoms with Gasteiger partial charge in [-0.15, -0.1) is 0 Å². The highest BCUT2D eigenvalue weighted by molar-refractivity contribution is 5.80. The zero-order chi connectivity index (χ0) is 13.5. The third-order valence-corrected chi connectivity index (χ3v) is 2.65. The van der Waals surface area contributed by atoms with E-state index in [9.17, 15) is 9.18 Å². The molecule has 1 aromatic carbocycles. The summed E-state index contributed by atoms with van der Waals surface area (Å²) in [6.07, 6.45) is 0.739. The zero-order valence-corrected chi connectivity index (χ0v) is 10.8. The quantitative estimate of drug-likeness (QED) is 0.747. The van der Waals surface area contributed by atoms with E-state index in [4.69, 9.17) is 5.73 Å². The summed E-state index contributed by atoms with van der Waals surface area (Å²) in [6.45, 7) is 2.85. The second kappa shape index (κ2) is 6.96. The number of amides is 1. The van der Waals surface area contributed by atoms with E-state index in [2.05, 4.69) is 5.32 Å². The Kier molecular flexibility index (Phi) is 5.58. The maximum Gasteiger partial charge on any atom is 0.236 e. The summed E-state index contributed by atoms with van der Waals surface area (Å²) in [4.78, 5) is 13.0. The van der Waals surface area contributed by atoms with Gasteiger partial charge in [-0.2, -0.15) is 0 Å². The van der Waals surface area contributed by atoms with Gasteiger partial charge in [0, 0.05) is 20.1 Å². The fraction of sp³-hybridized carbons (Fsp3) is 0.462. The van der Waals surface area contributed by atoms with Crippen molar-refractivity contribution in [2.24, 2.45) is 5.73 Å². The summed E-state index contributed by atoms with van der Waals surface area (Å²) in [5.41, 5.74) is 5.98. The molecule has 0 radical (unpaired) electrons. The van der Waals surface area contributed by atoms with E-state index in [0.717, 1.165) is 6.42 Å².